The van der Waals surface area contributed by atoms with E-state index in [0.717, 1.165) is 11.1 Å². The summed E-state index contributed by atoms with van der Waals surface area (Å²) in [7, 11) is 0. The molecule has 0 unspecified atom stereocenters. The Balaban J connectivity index is 2.44. The summed E-state index contributed by atoms with van der Waals surface area (Å²) in [6, 6.07) is 9.66. The first-order valence-corrected chi connectivity index (χ1v) is 4.17. The number of halogens is 1. The van der Waals surface area contributed by atoms with Crippen molar-refractivity contribution in [3.63, 3.8) is 0 Å². The Labute approximate surface area is 80.7 Å². The highest BCUT2D eigenvalue weighted by Crippen LogP contribution is 2.22. The summed E-state index contributed by atoms with van der Waals surface area (Å²) in [5.74, 6) is -0.319. The van der Waals surface area contributed by atoms with E-state index in [2.05, 4.69) is 4.98 Å². The lowest BCUT2D eigenvalue weighted by molar-refractivity contribution is 0.475. The van der Waals surface area contributed by atoms with Crippen molar-refractivity contribution in [2.75, 3.05) is 0 Å². The average molecular weight is 189 g/mol. The first kappa shape index (κ1) is 8.69. The van der Waals surface area contributed by atoms with E-state index in [0.29, 0.717) is 0 Å². The van der Waals surface area contributed by atoms with Gasteiger partial charge in [-0.25, -0.2) is 4.98 Å². The van der Waals surface area contributed by atoms with Crippen LogP contribution < -0.4 is 0 Å². The maximum absolute atomic E-state index is 12.5. The largest absolute Gasteiger partial charge is 0.508 e. The molecular formula is C11H8FNO. The molecule has 0 bridgehead atoms. The van der Waals surface area contributed by atoms with Crippen molar-refractivity contribution in [2.45, 2.75) is 0 Å². The number of aromatic hydroxyl groups is 1. The normalized spacial score (nSPS) is 10.1. The molecule has 1 aromatic heterocycles. The summed E-state index contributed by atoms with van der Waals surface area (Å²) in [5.41, 5.74) is 1.60. The van der Waals surface area contributed by atoms with Crippen molar-refractivity contribution in [1.82, 2.24) is 4.98 Å². The van der Waals surface area contributed by atoms with E-state index in [1.165, 1.54) is 12.3 Å². The highest BCUT2D eigenvalue weighted by atomic mass is 19.1. The number of phenols is 1. The highest BCUT2D eigenvalue weighted by Gasteiger charge is 1.99. The highest BCUT2D eigenvalue weighted by molar-refractivity contribution is 5.63. The molecule has 0 aliphatic carbocycles. The van der Waals surface area contributed by atoms with Gasteiger partial charge in [0.15, 0.2) is 0 Å². The van der Waals surface area contributed by atoms with Crippen molar-refractivity contribution >= 4 is 0 Å². The number of rotatable bonds is 1. The van der Waals surface area contributed by atoms with Crippen molar-refractivity contribution in [2.24, 2.45) is 0 Å². The second-order valence-electron chi connectivity index (χ2n) is 2.92. The molecule has 0 fully saturated rings. The predicted molar refractivity (Wildman–Crippen MR) is 51.3 cm³/mol. The third kappa shape index (κ3) is 1.71. The van der Waals surface area contributed by atoms with Crippen LogP contribution >= 0.6 is 0 Å². The van der Waals surface area contributed by atoms with Crippen LogP contribution in [-0.2, 0) is 0 Å². The maximum Gasteiger partial charge on any atom is 0.212 e. The number of nitrogens with zero attached hydrogens (tertiary/aromatic N) is 1. The zero-order valence-electron chi connectivity index (χ0n) is 7.31. The van der Waals surface area contributed by atoms with E-state index in [9.17, 15) is 9.50 Å². The van der Waals surface area contributed by atoms with Crippen LogP contribution in [0.25, 0.3) is 11.1 Å². The second-order valence-corrected chi connectivity index (χ2v) is 2.92. The van der Waals surface area contributed by atoms with E-state index in [1.807, 2.05) is 6.07 Å². The Hall–Kier alpha value is -1.90. The van der Waals surface area contributed by atoms with Gasteiger partial charge < -0.3 is 5.11 Å². The monoisotopic (exact) mass is 189 g/mol. The van der Waals surface area contributed by atoms with Gasteiger partial charge in [0.05, 0.1) is 0 Å². The van der Waals surface area contributed by atoms with Gasteiger partial charge in [0, 0.05) is 11.8 Å². The fraction of sp³-hybridized carbons (Fsp3) is 0. The third-order valence-corrected chi connectivity index (χ3v) is 1.91. The minimum Gasteiger partial charge on any atom is -0.508 e. The van der Waals surface area contributed by atoms with Gasteiger partial charge >= 0.3 is 0 Å². The number of phenolic OH excluding ortho intramolecular Hbond substituents is 1. The van der Waals surface area contributed by atoms with Gasteiger partial charge in [-0.15, -0.1) is 0 Å². The number of pyridine rings is 1. The van der Waals surface area contributed by atoms with E-state index in [-0.39, 0.29) is 5.75 Å². The summed E-state index contributed by atoms with van der Waals surface area (Å²) < 4.78 is 12.5. The zero-order chi connectivity index (χ0) is 9.97. The van der Waals surface area contributed by atoms with Crippen LogP contribution in [0.2, 0.25) is 0 Å². The van der Waals surface area contributed by atoms with Crippen LogP contribution in [0.3, 0.4) is 0 Å². The lowest BCUT2D eigenvalue weighted by Crippen LogP contribution is -1.83. The Morgan fingerprint density at radius 1 is 1.07 bits per heavy atom. The summed E-state index contributed by atoms with van der Waals surface area (Å²) in [5, 5.41) is 9.23. The molecule has 3 heteroatoms. The number of hydrogen-bond donors (Lipinski definition) is 1. The van der Waals surface area contributed by atoms with Crippen molar-refractivity contribution in [1.29, 1.82) is 0 Å². The molecular weight excluding hydrogens is 181 g/mol. The van der Waals surface area contributed by atoms with E-state index in [1.54, 1.807) is 24.3 Å². The minimum atomic E-state index is -0.506. The maximum atomic E-state index is 12.5. The molecule has 2 nitrogen and oxygen atoms in total. The second kappa shape index (κ2) is 3.46. The van der Waals surface area contributed by atoms with Gasteiger partial charge in [0.25, 0.3) is 0 Å². The first-order valence-electron chi connectivity index (χ1n) is 4.17. The smallest absolute Gasteiger partial charge is 0.212 e. The van der Waals surface area contributed by atoms with Crippen molar-refractivity contribution < 1.29 is 9.50 Å². The molecule has 0 atom stereocenters. The Morgan fingerprint density at radius 3 is 2.57 bits per heavy atom. The number of aromatic nitrogens is 1. The molecule has 1 heterocycles. The molecule has 0 aliphatic heterocycles. The van der Waals surface area contributed by atoms with E-state index < -0.39 is 5.95 Å². The molecule has 0 radical (unpaired) electrons. The summed E-state index contributed by atoms with van der Waals surface area (Å²) >= 11 is 0. The minimum absolute atomic E-state index is 0.187. The van der Waals surface area contributed by atoms with Gasteiger partial charge in [0.2, 0.25) is 5.95 Å². The van der Waals surface area contributed by atoms with Gasteiger partial charge in [-0.1, -0.05) is 12.1 Å². The average Bonchev–Trinajstić information content (AvgIpc) is 2.19. The quantitative estimate of drug-likeness (QED) is 0.699. The molecule has 2 aromatic rings. The third-order valence-electron chi connectivity index (χ3n) is 1.91. The molecule has 0 spiro atoms. The molecule has 70 valence electrons. The van der Waals surface area contributed by atoms with Crippen LogP contribution in [0.5, 0.6) is 5.75 Å². The number of hydrogen-bond acceptors (Lipinski definition) is 2. The summed E-state index contributed by atoms with van der Waals surface area (Å²) in [6.45, 7) is 0. The molecule has 0 amide bonds. The molecule has 1 aromatic carbocycles. The fourth-order valence-corrected chi connectivity index (χ4v) is 1.23. The van der Waals surface area contributed by atoms with Crippen LogP contribution in [0, 0.1) is 5.95 Å². The predicted octanol–water partition coefficient (Wildman–Crippen LogP) is 2.59. The Kier molecular flexibility index (Phi) is 2.14. The first-order chi connectivity index (χ1) is 6.75. The number of benzene rings is 1. The molecule has 0 aliphatic rings. The lowest BCUT2D eigenvalue weighted by atomic mass is 10.1. The zero-order valence-corrected chi connectivity index (χ0v) is 7.31. The van der Waals surface area contributed by atoms with Gasteiger partial charge in [-0.3, -0.25) is 0 Å². The van der Waals surface area contributed by atoms with Crippen LogP contribution in [-0.4, -0.2) is 10.1 Å². The van der Waals surface area contributed by atoms with Crippen molar-refractivity contribution in [3.05, 3.63) is 48.5 Å². The van der Waals surface area contributed by atoms with Gasteiger partial charge in [0.1, 0.15) is 5.75 Å². The fourth-order valence-electron chi connectivity index (χ4n) is 1.23. The van der Waals surface area contributed by atoms with Crippen LogP contribution in [0.4, 0.5) is 4.39 Å². The Morgan fingerprint density at radius 2 is 1.93 bits per heavy atom. The van der Waals surface area contributed by atoms with Crippen LogP contribution in [0.1, 0.15) is 0 Å². The van der Waals surface area contributed by atoms with Crippen molar-refractivity contribution in [3.8, 4) is 16.9 Å². The topological polar surface area (TPSA) is 33.1 Å². The van der Waals surface area contributed by atoms with Gasteiger partial charge in [-0.05, 0) is 29.8 Å². The summed E-state index contributed by atoms with van der Waals surface area (Å²) in [6.07, 6.45) is 1.43. The Bertz CT molecular complexity index is 439. The van der Waals surface area contributed by atoms with E-state index >= 15 is 0 Å². The SMILES string of the molecule is Oc1cccc(-c2ccc(F)nc2)c1. The molecule has 0 saturated carbocycles. The molecule has 2 rings (SSSR count). The molecule has 1 N–H and O–H groups in total. The molecule has 0 saturated heterocycles. The van der Waals surface area contributed by atoms with Gasteiger partial charge in [-0.2, -0.15) is 4.39 Å². The lowest BCUT2D eigenvalue weighted by Gasteiger charge is -2.00. The van der Waals surface area contributed by atoms with E-state index in [4.69, 9.17) is 0 Å². The van der Waals surface area contributed by atoms with Crippen LogP contribution in [0.15, 0.2) is 42.6 Å². The summed E-state index contributed by atoms with van der Waals surface area (Å²) in [4.78, 5) is 3.54. The standard InChI is InChI=1S/C11H8FNO/c12-11-5-4-9(7-13-11)8-2-1-3-10(14)6-8/h1-7,14H. The molecule has 14 heavy (non-hydrogen) atoms.